The summed E-state index contributed by atoms with van der Waals surface area (Å²) in [5.74, 6) is 0.636. The molecule has 4 nitrogen and oxygen atoms in total. The predicted molar refractivity (Wildman–Crippen MR) is 67.1 cm³/mol. The van der Waals surface area contributed by atoms with Crippen LogP contribution in [0.4, 0.5) is 5.69 Å². The molecule has 1 aromatic rings. The summed E-state index contributed by atoms with van der Waals surface area (Å²) >= 11 is 3.31. The number of nitro benzene ring substituents is 1. The van der Waals surface area contributed by atoms with Crippen molar-refractivity contribution in [3.8, 4) is 5.75 Å². The van der Waals surface area contributed by atoms with E-state index in [1.165, 1.54) is 12.1 Å². The van der Waals surface area contributed by atoms with E-state index in [9.17, 15) is 10.1 Å². The smallest absolute Gasteiger partial charge is 0.270 e. The standard InChI is InChI=1S/C11H12BrNO3/c1-16-11-6-5-10(13(14)15)8-9(11)4-2-3-7-12/h2,4-6,8H,3,7H2,1H3. The number of halogens is 1. The number of hydrogen-bond acceptors (Lipinski definition) is 3. The van der Waals surface area contributed by atoms with Crippen LogP contribution >= 0.6 is 15.9 Å². The van der Waals surface area contributed by atoms with Crippen molar-refractivity contribution in [2.75, 3.05) is 12.4 Å². The Labute approximate surface area is 102 Å². The topological polar surface area (TPSA) is 52.4 Å². The lowest BCUT2D eigenvalue weighted by molar-refractivity contribution is -0.384. The second-order valence-corrected chi connectivity index (χ2v) is 3.86. The number of methoxy groups -OCH3 is 1. The van der Waals surface area contributed by atoms with E-state index in [1.54, 1.807) is 13.2 Å². The number of nitrogens with zero attached hydrogens (tertiary/aromatic N) is 1. The minimum atomic E-state index is -0.415. The molecule has 0 aliphatic heterocycles. The predicted octanol–water partition coefficient (Wildman–Crippen LogP) is 3.40. The molecular weight excluding hydrogens is 274 g/mol. The fraction of sp³-hybridized carbons (Fsp3) is 0.273. The third kappa shape index (κ3) is 3.34. The van der Waals surface area contributed by atoms with E-state index in [2.05, 4.69) is 15.9 Å². The maximum Gasteiger partial charge on any atom is 0.270 e. The van der Waals surface area contributed by atoms with Crippen molar-refractivity contribution in [1.82, 2.24) is 0 Å². The lowest BCUT2D eigenvalue weighted by Crippen LogP contribution is -1.91. The maximum atomic E-state index is 10.6. The second-order valence-electron chi connectivity index (χ2n) is 3.06. The Balaban J connectivity index is 3.02. The highest BCUT2D eigenvalue weighted by Gasteiger charge is 2.08. The van der Waals surface area contributed by atoms with Gasteiger partial charge >= 0.3 is 0 Å². The highest BCUT2D eigenvalue weighted by molar-refractivity contribution is 9.09. The number of rotatable bonds is 5. The normalized spacial score (nSPS) is 10.6. The molecule has 1 aromatic carbocycles. The van der Waals surface area contributed by atoms with Gasteiger partial charge in [-0.05, 0) is 12.5 Å². The van der Waals surface area contributed by atoms with E-state index < -0.39 is 4.92 Å². The molecule has 0 bridgehead atoms. The van der Waals surface area contributed by atoms with Crippen LogP contribution in [0.25, 0.3) is 6.08 Å². The molecule has 0 radical (unpaired) electrons. The molecule has 0 saturated carbocycles. The highest BCUT2D eigenvalue weighted by atomic mass is 79.9. The maximum absolute atomic E-state index is 10.6. The van der Waals surface area contributed by atoms with Crippen molar-refractivity contribution in [3.05, 3.63) is 40.0 Å². The van der Waals surface area contributed by atoms with Gasteiger partial charge in [0.05, 0.1) is 12.0 Å². The average molecular weight is 286 g/mol. The SMILES string of the molecule is COc1ccc([N+](=O)[O-])cc1C=CCCBr. The molecule has 0 heterocycles. The van der Waals surface area contributed by atoms with Crippen molar-refractivity contribution in [1.29, 1.82) is 0 Å². The minimum absolute atomic E-state index is 0.0688. The first kappa shape index (κ1) is 12.7. The minimum Gasteiger partial charge on any atom is -0.496 e. The van der Waals surface area contributed by atoms with Crippen molar-refractivity contribution < 1.29 is 9.66 Å². The largest absolute Gasteiger partial charge is 0.496 e. The van der Waals surface area contributed by atoms with Gasteiger partial charge in [0.1, 0.15) is 5.75 Å². The van der Waals surface area contributed by atoms with E-state index in [0.717, 1.165) is 17.3 Å². The molecule has 16 heavy (non-hydrogen) atoms. The van der Waals surface area contributed by atoms with E-state index in [4.69, 9.17) is 4.74 Å². The summed E-state index contributed by atoms with van der Waals surface area (Å²) < 4.78 is 5.13. The number of ether oxygens (including phenoxy) is 1. The Morgan fingerprint density at radius 3 is 2.88 bits per heavy atom. The molecule has 0 fully saturated rings. The van der Waals surface area contributed by atoms with E-state index >= 15 is 0 Å². The molecule has 0 spiro atoms. The van der Waals surface area contributed by atoms with Crippen LogP contribution in [-0.4, -0.2) is 17.4 Å². The van der Waals surface area contributed by atoms with Gasteiger partial charge in [-0.3, -0.25) is 10.1 Å². The van der Waals surface area contributed by atoms with Crippen LogP contribution in [0, 0.1) is 10.1 Å². The fourth-order valence-electron chi connectivity index (χ4n) is 1.24. The average Bonchev–Trinajstić information content (AvgIpc) is 2.29. The van der Waals surface area contributed by atoms with Crippen molar-refractivity contribution in [2.45, 2.75) is 6.42 Å². The molecule has 0 aliphatic rings. The molecule has 1 rings (SSSR count). The first-order chi connectivity index (χ1) is 7.69. The van der Waals surface area contributed by atoms with Gasteiger partial charge in [0.2, 0.25) is 0 Å². The molecular formula is C11H12BrNO3. The van der Waals surface area contributed by atoms with Gasteiger partial charge in [0.15, 0.2) is 0 Å². The second kappa shape index (κ2) is 6.27. The summed E-state index contributed by atoms with van der Waals surface area (Å²) in [6.07, 6.45) is 4.63. The Morgan fingerprint density at radius 2 is 2.31 bits per heavy atom. The Kier molecular flexibility index (Phi) is 4.98. The van der Waals surface area contributed by atoms with Gasteiger partial charge in [0, 0.05) is 23.0 Å². The Bertz CT molecular complexity index is 404. The van der Waals surface area contributed by atoms with Crippen LogP contribution in [0.2, 0.25) is 0 Å². The molecule has 5 heteroatoms. The van der Waals surface area contributed by atoms with Crippen LogP contribution in [0.5, 0.6) is 5.75 Å². The summed E-state index contributed by atoms with van der Waals surface area (Å²) in [5.41, 5.74) is 0.789. The van der Waals surface area contributed by atoms with Gasteiger partial charge in [-0.2, -0.15) is 0 Å². The van der Waals surface area contributed by atoms with E-state index in [-0.39, 0.29) is 5.69 Å². The first-order valence-electron chi connectivity index (χ1n) is 4.74. The van der Waals surface area contributed by atoms with Gasteiger partial charge in [0.25, 0.3) is 5.69 Å². The molecule has 0 saturated heterocycles. The number of alkyl halides is 1. The van der Waals surface area contributed by atoms with Crippen LogP contribution in [0.1, 0.15) is 12.0 Å². The van der Waals surface area contributed by atoms with Crippen LogP contribution < -0.4 is 4.74 Å². The van der Waals surface area contributed by atoms with Gasteiger partial charge < -0.3 is 4.74 Å². The van der Waals surface area contributed by atoms with Crippen LogP contribution in [-0.2, 0) is 0 Å². The Hall–Kier alpha value is -1.36. The Morgan fingerprint density at radius 1 is 1.56 bits per heavy atom. The molecule has 86 valence electrons. The molecule has 0 aliphatic carbocycles. The summed E-state index contributed by atoms with van der Waals surface area (Å²) in [4.78, 5) is 10.2. The van der Waals surface area contributed by atoms with E-state index in [0.29, 0.717) is 5.75 Å². The summed E-state index contributed by atoms with van der Waals surface area (Å²) in [6.45, 7) is 0. The third-order valence-electron chi connectivity index (χ3n) is 2.00. The van der Waals surface area contributed by atoms with Crippen LogP contribution in [0.3, 0.4) is 0 Å². The quantitative estimate of drug-likeness (QED) is 0.473. The van der Waals surface area contributed by atoms with Crippen molar-refractivity contribution >= 4 is 27.7 Å². The number of nitro groups is 1. The summed E-state index contributed by atoms with van der Waals surface area (Å²) in [5, 5.41) is 11.5. The van der Waals surface area contributed by atoms with Crippen molar-refractivity contribution in [3.63, 3.8) is 0 Å². The fourth-order valence-corrected chi connectivity index (χ4v) is 1.50. The third-order valence-corrected chi connectivity index (χ3v) is 2.46. The highest BCUT2D eigenvalue weighted by Crippen LogP contribution is 2.25. The number of hydrogen-bond donors (Lipinski definition) is 0. The zero-order valence-corrected chi connectivity index (χ0v) is 10.4. The number of non-ortho nitro benzene ring substituents is 1. The number of benzene rings is 1. The zero-order chi connectivity index (χ0) is 12.0. The molecule has 0 N–H and O–H groups in total. The lowest BCUT2D eigenvalue weighted by Gasteiger charge is -2.03. The van der Waals surface area contributed by atoms with E-state index in [1.807, 2.05) is 12.2 Å². The van der Waals surface area contributed by atoms with Crippen molar-refractivity contribution in [2.24, 2.45) is 0 Å². The molecule has 0 aromatic heterocycles. The molecule has 0 amide bonds. The summed E-state index contributed by atoms with van der Waals surface area (Å²) in [6, 6.07) is 4.54. The first-order valence-corrected chi connectivity index (χ1v) is 5.86. The molecule has 0 unspecified atom stereocenters. The summed E-state index contributed by atoms with van der Waals surface area (Å²) in [7, 11) is 1.54. The van der Waals surface area contributed by atoms with Gasteiger partial charge in [-0.25, -0.2) is 0 Å². The zero-order valence-electron chi connectivity index (χ0n) is 8.85. The number of allylic oxidation sites excluding steroid dienone is 1. The lowest BCUT2D eigenvalue weighted by atomic mass is 10.1. The molecule has 0 atom stereocenters. The van der Waals surface area contributed by atoms with Crippen LogP contribution in [0.15, 0.2) is 24.3 Å². The van der Waals surface area contributed by atoms with Gasteiger partial charge in [-0.1, -0.05) is 28.1 Å². The van der Waals surface area contributed by atoms with Gasteiger partial charge in [-0.15, -0.1) is 0 Å². The monoisotopic (exact) mass is 285 g/mol.